The molecule has 0 atom stereocenters. The number of aryl methyl sites for hydroxylation is 1. The fraction of sp³-hybridized carbons (Fsp3) is 0.120. The molecule has 0 fully saturated rings. The summed E-state index contributed by atoms with van der Waals surface area (Å²) in [6.45, 7) is 1.75. The molecule has 7 nitrogen and oxygen atoms in total. The molecular formula is C25H19F3N6O. The van der Waals surface area contributed by atoms with E-state index in [-0.39, 0.29) is 18.1 Å². The molecule has 5 rings (SSSR count). The lowest BCUT2D eigenvalue weighted by atomic mass is 10.1. The minimum Gasteiger partial charge on any atom is -0.383 e. The zero-order chi connectivity index (χ0) is 24.7. The highest BCUT2D eigenvalue weighted by atomic mass is 19.4. The third-order valence-corrected chi connectivity index (χ3v) is 5.68. The Morgan fingerprint density at radius 2 is 1.89 bits per heavy atom. The van der Waals surface area contributed by atoms with Crippen LogP contribution >= 0.6 is 0 Å². The van der Waals surface area contributed by atoms with E-state index in [0.717, 1.165) is 28.6 Å². The highest BCUT2D eigenvalue weighted by Crippen LogP contribution is 2.28. The van der Waals surface area contributed by atoms with Crippen molar-refractivity contribution in [3.63, 3.8) is 0 Å². The predicted octanol–water partition coefficient (Wildman–Crippen LogP) is 4.87. The second-order valence-corrected chi connectivity index (χ2v) is 8.07. The lowest BCUT2D eigenvalue weighted by Gasteiger charge is -2.24. The molecule has 0 spiro atoms. The van der Waals surface area contributed by atoms with Crippen molar-refractivity contribution < 1.29 is 18.0 Å². The molecule has 0 radical (unpaired) electrons. The number of nitrogens with two attached hydrogens (primary N) is 1. The number of aromatic nitrogens is 4. The van der Waals surface area contributed by atoms with Gasteiger partial charge < -0.3 is 5.73 Å². The second kappa shape index (κ2) is 8.39. The van der Waals surface area contributed by atoms with Gasteiger partial charge in [-0.3, -0.25) is 9.78 Å². The van der Waals surface area contributed by atoms with Crippen LogP contribution in [0.5, 0.6) is 0 Å². The Morgan fingerprint density at radius 3 is 2.63 bits per heavy atom. The van der Waals surface area contributed by atoms with E-state index in [1.165, 1.54) is 11.1 Å². The fourth-order valence-electron chi connectivity index (χ4n) is 3.81. The molecule has 0 bridgehead atoms. The highest BCUT2D eigenvalue weighted by Gasteiger charge is 2.31. The molecular weight excluding hydrogens is 457 g/mol. The van der Waals surface area contributed by atoms with Crippen molar-refractivity contribution in [3.8, 4) is 0 Å². The molecule has 0 unspecified atom stereocenters. The van der Waals surface area contributed by atoms with Gasteiger partial charge in [-0.25, -0.2) is 19.7 Å². The fourth-order valence-corrected chi connectivity index (χ4v) is 3.81. The Bertz CT molecular complexity index is 1560. The topological polar surface area (TPSA) is 89.9 Å². The van der Waals surface area contributed by atoms with Crippen LogP contribution in [0.2, 0.25) is 0 Å². The molecule has 176 valence electrons. The minimum atomic E-state index is -4.50. The summed E-state index contributed by atoms with van der Waals surface area (Å²) in [7, 11) is 0. The first-order valence-corrected chi connectivity index (χ1v) is 10.6. The van der Waals surface area contributed by atoms with E-state index in [0.29, 0.717) is 22.5 Å². The number of rotatable bonds is 4. The first kappa shape index (κ1) is 22.3. The van der Waals surface area contributed by atoms with Gasteiger partial charge >= 0.3 is 6.18 Å². The Morgan fingerprint density at radius 1 is 1.06 bits per heavy atom. The van der Waals surface area contributed by atoms with Gasteiger partial charge in [0, 0.05) is 34.9 Å². The van der Waals surface area contributed by atoms with Crippen LogP contribution in [0.3, 0.4) is 0 Å². The number of nitrogen functional groups attached to an aromatic ring is 1. The molecule has 35 heavy (non-hydrogen) atoms. The Hall–Kier alpha value is -4.47. The Labute approximate surface area is 197 Å². The highest BCUT2D eigenvalue weighted by molar-refractivity contribution is 6.04. The van der Waals surface area contributed by atoms with Crippen molar-refractivity contribution in [1.82, 2.24) is 19.6 Å². The quantitative estimate of drug-likeness (QED) is 0.400. The molecule has 0 aliphatic rings. The number of amides is 1. The molecule has 1 aromatic carbocycles. The van der Waals surface area contributed by atoms with Gasteiger partial charge in [-0.1, -0.05) is 0 Å². The predicted molar refractivity (Wildman–Crippen MR) is 126 cm³/mol. The smallest absolute Gasteiger partial charge is 0.383 e. The summed E-state index contributed by atoms with van der Waals surface area (Å²) in [6.07, 6.45) is -0.443. The van der Waals surface area contributed by atoms with E-state index in [1.807, 2.05) is 19.1 Å². The van der Waals surface area contributed by atoms with E-state index < -0.39 is 11.7 Å². The third-order valence-electron chi connectivity index (χ3n) is 5.68. The average molecular weight is 476 g/mol. The number of hydrogen-bond donors (Lipinski definition) is 1. The van der Waals surface area contributed by atoms with Crippen LogP contribution in [0.25, 0.3) is 21.9 Å². The van der Waals surface area contributed by atoms with Crippen LogP contribution in [0.1, 0.15) is 27.2 Å². The lowest BCUT2D eigenvalue weighted by molar-refractivity contribution is -0.137. The van der Waals surface area contributed by atoms with Crippen molar-refractivity contribution in [1.29, 1.82) is 0 Å². The molecule has 4 aromatic heterocycles. The first-order chi connectivity index (χ1) is 16.7. The van der Waals surface area contributed by atoms with Crippen LogP contribution < -0.4 is 10.7 Å². The number of hydrogen-bond acceptors (Lipinski definition) is 5. The number of pyridine rings is 3. The van der Waals surface area contributed by atoms with Gasteiger partial charge in [0.15, 0.2) is 5.65 Å². The molecule has 0 saturated carbocycles. The summed E-state index contributed by atoms with van der Waals surface area (Å²) in [6, 6.07) is 14.6. The van der Waals surface area contributed by atoms with E-state index in [2.05, 4.69) is 15.0 Å². The maximum atomic E-state index is 13.7. The summed E-state index contributed by atoms with van der Waals surface area (Å²) in [5.74, 6) is 0.0303. The zero-order valence-electron chi connectivity index (χ0n) is 18.5. The van der Waals surface area contributed by atoms with Crippen molar-refractivity contribution in [2.24, 2.45) is 0 Å². The van der Waals surface area contributed by atoms with Gasteiger partial charge in [-0.15, -0.1) is 0 Å². The number of carbonyl (C=O) groups is 1. The number of carbonyl (C=O) groups excluding carboxylic acids is 1. The van der Waals surface area contributed by atoms with Gasteiger partial charge in [0.1, 0.15) is 5.82 Å². The monoisotopic (exact) mass is 476 g/mol. The summed E-state index contributed by atoms with van der Waals surface area (Å²) < 4.78 is 40.5. The van der Waals surface area contributed by atoms with Crippen LogP contribution in [0.4, 0.5) is 19.0 Å². The summed E-state index contributed by atoms with van der Waals surface area (Å²) in [5.41, 5.74) is 7.66. The maximum Gasteiger partial charge on any atom is 0.417 e. The van der Waals surface area contributed by atoms with Crippen molar-refractivity contribution in [3.05, 3.63) is 95.6 Å². The minimum absolute atomic E-state index is 0.0750. The van der Waals surface area contributed by atoms with Crippen molar-refractivity contribution in [2.75, 3.05) is 10.7 Å². The number of nitrogens with zero attached hydrogens (tertiary/aromatic N) is 5. The molecule has 10 heteroatoms. The van der Waals surface area contributed by atoms with Gasteiger partial charge in [-0.05, 0) is 67.1 Å². The molecule has 0 aliphatic heterocycles. The van der Waals surface area contributed by atoms with Gasteiger partial charge in [-0.2, -0.15) is 13.2 Å². The SMILES string of the molecule is Cc1cc2cc(C(=O)N(Cc3ccc(C(F)(F)F)cn3)n3ccc4cccnc43)ccc2nc1N. The largest absolute Gasteiger partial charge is 0.417 e. The number of benzene rings is 1. The van der Waals surface area contributed by atoms with Crippen LogP contribution in [-0.2, 0) is 12.7 Å². The summed E-state index contributed by atoms with van der Waals surface area (Å²) in [4.78, 5) is 26.4. The van der Waals surface area contributed by atoms with Gasteiger partial charge in [0.2, 0.25) is 0 Å². The average Bonchev–Trinajstić information content (AvgIpc) is 3.26. The lowest BCUT2D eigenvalue weighted by Crippen LogP contribution is -2.39. The number of alkyl halides is 3. The molecule has 0 saturated heterocycles. The molecule has 1 amide bonds. The van der Waals surface area contributed by atoms with Crippen LogP contribution in [0, 0.1) is 6.92 Å². The van der Waals surface area contributed by atoms with Crippen molar-refractivity contribution >= 4 is 33.7 Å². The zero-order valence-corrected chi connectivity index (χ0v) is 18.5. The van der Waals surface area contributed by atoms with Gasteiger partial charge in [0.25, 0.3) is 5.91 Å². The van der Waals surface area contributed by atoms with Crippen molar-refractivity contribution in [2.45, 2.75) is 19.6 Å². The number of anilines is 1. The van der Waals surface area contributed by atoms with Crippen LogP contribution in [0.15, 0.2) is 73.2 Å². The van der Waals surface area contributed by atoms with E-state index in [4.69, 9.17) is 5.73 Å². The third kappa shape index (κ3) is 4.25. The van der Waals surface area contributed by atoms with E-state index in [1.54, 1.807) is 47.4 Å². The molecule has 0 aliphatic carbocycles. The number of halogens is 3. The van der Waals surface area contributed by atoms with Crippen LogP contribution in [-0.4, -0.2) is 25.5 Å². The molecule has 4 heterocycles. The number of fused-ring (bicyclic) bond motifs is 2. The maximum absolute atomic E-state index is 13.7. The summed E-state index contributed by atoms with van der Waals surface area (Å²) in [5, 5.41) is 2.94. The normalized spacial score (nSPS) is 11.8. The second-order valence-electron chi connectivity index (χ2n) is 8.07. The molecule has 2 N–H and O–H groups in total. The van der Waals surface area contributed by atoms with Gasteiger partial charge in [0.05, 0.1) is 23.3 Å². The molecule has 5 aromatic rings. The summed E-state index contributed by atoms with van der Waals surface area (Å²) >= 11 is 0. The standard InChI is InChI=1S/C25H19F3N6O/c1-15-11-18-12-17(4-7-21(18)32-22(15)29)24(35)34(33-10-8-16-3-2-9-30-23(16)33)14-20-6-5-19(13-31-20)25(26,27)28/h2-13H,14H2,1H3,(H2,29,32). The Balaban J connectivity index is 1.57. The van der Waals surface area contributed by atoms with E-state index >= 15 is 0 Å². The first-order valence-electron chi connectivity index (χ1n) is 10.6. The Kier molecular flexibility index (Phi) is 5.35. The van der Waals surface area contributed by atoms with E-state index in [9.17, 15) is 18.0 Å².